The molecule has 3 nitrogen and oxygen atoms in total. The summed E-state index contributed by atoms with van der Waals surface area (Å²) in [6.45, 7) is 6.78. The number of ether oxygens (including phenoxy) is 1. The number of hydrogen-bond acceptors (Lipinski definition) is 4. The van der Waals surface area contributed by atoms with E-state index in [9.17, 15) is 0 Å². The zero-order valence-corrected chi connectivity index (χ0v) is 11.3. The molecule has 0 unspecified atom stereocenters. The van der Waals surface area contributed by atoms with Crippen LogP contribution in [0.25, 0.3) is 0 Å². The molecule has 4 heteroatoms. The molecule has 0 aliphatic carbocycles. The molecule has 0 saturated heterocycles. The Balaban J connectivity index is 2.53. The molecule has 0 N–H and O–H groups in total. The van der Waals surface area contributed by atoms with Gasteiger partial charge in [-0.2, -0.15) is 0 Å². The van der Waals surface area contributed by atoms with Crippen LogP contribution in [0.2, 0.25) is 0 Å². The zero-order chi connectivity index (χ0) is 12.5. The Hall–Kier alpha value is -0.870. The molecule has 0 fully saturated rings. The van der Waals surface area contributed by atoms with Crippen LogP contribution in [0.3, 0.4) is 0 Å². The molecule has 1 heterocycles. The van der Waals surface area contributed by atoms with Crippen LogP contribution in [-0.2, 0) is 4.74 Å². The Morgan fingerprint density at radius 1 is 1.47 bits per heavy atom. The molecule has 1 aromatic heterocycles. The lowest BCUT2D eigenvalue weighted by molar-refractivity contribution is 0.192. The summed E-state index contributed by atoms with van der Waals surface area (Å²) in [6.07, 6.45) is 7.64. The lowest BCUT2D eigenvalue weighted by Crippen LogP contribution is -2.11. The van der Waals surface area contributed by atoms with Gasteiger partial charge in [0, 0.05) is 31.4 Å². The summed E-state index contributed by atoms with van der Waals surface area (Å²) in [6, 6.07) is 1.83. The molecule has 0 aliphatic rings. The van der Waals surface area contributed by atoms with E-state index in [0.29, 0.717) is 11.2 Å². The van der Waals surface area contributed by atoms with Crippen molar-refractivity contribution in [2.75, 3.05) is 13.7 Å². The predicted molar refractivity (Wildman–Crippen MR) is 72.1 cm³/mol. The number of aromatic nitrogens is 2. The second kappa shape index (κ2) is 8.25. The number of rotatable bonds is 8. The van der Waals surface area contributed by atoms with E-state index in [-0.39, 0.29) is 0 Å². The van der Waals surface area contributed by atoms with E-state index in [0.717, 1.165) is 24.6 Å². The fraction of sp³-hybridized carbons (Fsp3) is 0.538. The summed E-state index contributed by atoms with van der Waals surface area (Å²) in [7, 11) is 1.73. The van der Waals surface area contributed by atoms with Crippen LogP contribution < -0.4 is 0 Å². The summed E-state index contributed by atoms with van der Waals surface area (Å²) in [5, 5.41) is 1.32. The molecule has 0 bridgehead atoms. The second-order valence-corrected chi connectivity index (χ2v) is 5.27. The Morgan fingerprint density at radius 3 is 2.76 bits per heavy atom. The van der Waals surface area contributed by atoms with Gasteiger partial charge in [-0.25, -0.2) is 9.97 Å². The van der Waals surface area contributed by atoms with Crippen molar-refractivity contribution < 1.29 is 4.74 Å². The van der Waals surface area contributed by atoms with Crippen molar-refractivity contribution in [1.29, 1.82) is 0 Å². The van der Waals surface area contributed by atoms with Crippen molar-refractivity contribution in [2.45, 2.75) is 30.2 Å². The third kappa shape index (κ3) is 5.84. The molecule has 0 radical (unpaired) electrons. The summed E-state index contributed by atoms with van der Waals surface area (Å²) in [4.78, 5) is 8.49. The smallest absolute Gasteiger partial charge is 0.187 e. The molecule has 94 valence electrons. The first-order chi connectivity index (χ1) is 8.26. The Bertz CT molecular complexity index is 318. The zero-order valence-electron chi connectivity index (χ0n) is 10.5. The van der Waals surface area contributed by atoms with Gasteiger partial charge in [-0.1, -0.05) is 24.8 Å². The van der Waals surface area contributed by atoms with E-state index in [2.05, 4.69) is 23.5 Å². The van der Waals surface area contributed by atoms with Crippen LogP contribution in [0.5, 0.6) is 0 Å². The van der Waals surface area contributed by atoms with Crippen molar-refractivity contribution in [3.63, 3.8) is 0 Å². The maximum Gasteiger partial charge on any atom is 0.187 e. The van der Waals surface area contributed by atoms with Crippen LogP contribution >= 0.6 is 11.8 Å². The van der Waals surface area contributed by atoms with Crippen LogP contribution in [-0.4, -0.2) is 28.9 Å². The molecule has 0 aromatic carbocycles. The minimum Gasteiger partial charge on any atom is -0.385 e. The third-order valence-electron chi connectivity index (χ3n) is 2.50. The molecular weight excluding hydrogens is 232 g/mol. The maximum absolute atomic E-state index is 5.15. The van der Waals surface area contributed by atoms with Crippen LogP contribution in [0.1, 0.15) is 19.8 Å². The number of hydrogen-bond donors (Lipinski definition) is 0. The van der Waals surface area contributed by atoms with Crippen LogP contribution in [0, 0.1) is 5.92 Å². The Labute approximate surface area is 108 Å². The Morgan fingerprint density at radius 2 is 2.18 bits per heavy atom. The summed E-state index contributed by atoms with van der Waals surface area (Å²) in [5.74, 6) is 0.507. The SMILES string of the molecule is C=C[C@@H](C)C[C@H](CCOC)Sc1ncccn1. The van der Waals surface area contributed by atoms with Gasteiger partial charge >= 0.3 is 0 Å². The molecule has 1 rings (SSSR count). The number of thioether (sulfide) groups is 1. The van der Waals surface area contributed by atoms with Gasteiger partial charge in [-0.05, 0) is 24.8 Å². The van der Waals surface area contributed by atoms with Gasteiger partial charge in [0.2, 0.25) is 0 Å². The van der Waals surface area contributed by atoms with Crippen molar-refractivity contribution >= 4 is 11.8 Å². The van der Waals surface area contributed by atoms with E-state index in [1.165, 1.54) is 0 Å². The van der Waals surface area contributed by atoms with Crippen LogP contribution in [0.4, 0.5) is 0 Å². The van der Waals surface area contributed by atoms with Crippen molar-refractivity contribution in [1.82, 2.24) is 9.97 Å². The van der Waals surface area contributed by atoms with Crippen molar-refractivity contribution in [3.05, 3.63) is 31.1 Å². The van der Waals surface area contributed by atoms with Gasteiger partial charge in [0.05, 0.1) is 0 Å². The number of methoxy groups -OCH3 is 1. The van der Waals surface area contributed by atoms with Gasteiger partial charge in [0.25, 0.3) is 0 Å². The molecule has 17 heavy (non-hydrogen) atoms. The van der Waals surface area contributed by atoms with Crippen molar-refractivity contribution in [3.8, 4) is 0 Å². The summed E-state index contributed by atoms with van der Waals surface area (Å²) in [5.41, 5.74) is 0. The molecule has 2 atom stereocenters. The van der Waals surface area contributed by atoms with Gasteiger partial charge in [0.1, 0.15) is 0 Å². The first-order valence-corrected chi connectivity index (χ1v) is 6.69. The monoisotopic (exact) mass is 252 g/mol. The minimum absolute atomic E-state index is 0.477. The van der Waals surface area contributed by atoms with E-state index >= 15 is 0 Å². The average molecular weight is 252 g/mol. The highest BCUT2D eigenvalue weighted by molar-refractivity contribution is 7.99. The van der Waals surface area contributed by atoms with Crippen molar-refractivity contribution in [2.24, 2.45) is 5.92 Å². The maximum atomic E-state index is 5.15. The van der Waals surface area contributed by atoms with E-state index in [4.69, 9.17) is 4.74 Å². The third-order valence-corrected chi connectivity index (χ3v) is 3.68. The van der Waals surface area contributed by atoms with E-state index in [1.807, 2.05) is 12.1 Å². The Kier molecular flexibility index (Phi) is 6.89. The fourth-order valence-electron chi connectivity index (χ4n) is 1.48. The summed E-state index contributed by atoms with van der Waals surface area (Å²) < 4.78 is 5.15. The standard InChI is InChI=1S/C13H20N2OS/c1-4-11(2)10-12(6-9-16-3)17-13-14-7-5-8-15-13/h4-5,7-8,11-12H,1,6,9-10H2,2-3H3/t11-,12+/m1/s1. The molecule has 0 saturated carbocycles. The predicted octanol–water partition coefficient (Wildman–Crippen LogP) is 3.19. The lowest BCUT2D eigenvalue weighted by Gasteiger charge is -2.17. The van der Waals surface area contributed by atoms with Gasteiger partial charge < -0.3 is 4.74 Å². The molecule has 0 spiro atoms. The van der Waals surface area contributed by atoms with Gasteiger partial charge in [0.15, 0.2) is 5.16 Å². The molecule has 0 aliphatic heterocycles. The largest absolute Gasteiger partial charge is 0.385 e. The highest BCUT2D eigenvalue weighted by Gasteiger charge is 2.14. The number of allylic oxidation sites excluding steroid dienone is 1. The highest BCUT2D eigenvalue weighted by atomic mass is 32.2. The van der Waals surface area contributed by atoms with E-state index < -0.39 is 0 Å². The van der Waals surface area contributed by atoms with Gasteiger partial charge in [-0.15, -0.1) is 6.58 Å². The normalized spacial score (nSPS) is 14.2. The highest BCUT2D eigenvalue weighted by Crippen LogP contribution is 2.27. The van der Waals surface area contributed by atoms with E-state index in [1.54, 1.807) is 31.3 Å². The lowest BCUT2D eigenvalue weighted by atomic mass is 10.0. The second-order valence-electron chi connectivity index (χ2n) is 4.00. The first kappa shape index (κ1) is 14.2. The molecule has 0 amide bonds. The quantitative estimate of drug-likeness (QED) is 0.404. The molecule has 1 aromatic rings. The van der Waals surface area contributed by atoms with Crippen LogP contribution in [0.15, 0.2) is 36.3 Å². The molecular formula is C13H20N2OS. The first-order valence-electron chi connectivity index (χ1n) is 5.81. The minimum atomic E-state index is 0.477. The number of nitrogens with zero attached hydrogens (tertiary/aromatic N) is 2. The summed E-state index contributed by atoms with van der Waals surface area (Å²) >= 11 is 1.72. The fourth-order valence-corrected chi connectivity index (χ4v) is 2.64. The van der Waals surface area contributed by atoms with Gasteiger partial charge in [-0.3, -0.25) is 0 Å². The average Bonchev–Trinajstić information content (AvgIpc) is 2.37. The topological polar surface area (TPSA) is 35.0 Å².